The van der Waals surface area contributed by atoms with Gasteiger partial charge in [0.15, 0.2) is 0 Å². The SMILES string of the molecule is CC.CC(C)(C)C1CCN(C2CNC2)CC1. The third kappa shape index (κ3) is 3.46. The molecule has 0 unspecified atom stereocenters. The van der Waals surface area contributed by atoms with Crippen LogP contribution >= 0.6 is 0 Å². The van der Waals surface area contributed by atoms with Crippen LogP contribution in [-0.4, -0.2) is 37.1 Å². The Morgan fingerprint density at radius 1 is 1.00 bits per heavy atom. The summed E-state index contributed by atoms with van der Waals surface area (Å²) in [4.78, 5) is 2.68. The average molecular weight is 226 g/mol. The van der Waals surface area contributed by atoms with Crippen molar-refractivity contribution in [3.8, 4) is 0 Å². The van der Waals surface area contributed by atoms with Crippen LogP contribution in [0.3, 0.4) is 0 Å². The lowest BCUT2D eigenvalue weighted by molar-refractivity contribution is 0.0632. The van der Waals surface area contributed by atoms with Crippen LogP contribution < -0.4 is 5.32 Å². The van der Waals surface area contributed by atoms with Gasteiger partial charge in [0.2, 0.25) is 0 Å². The molecule has 1 N–H and O–H groups in total. The van der Waals surface area contributed by atoms with Gasteiger partial charge in [-0.25, -0.2) is 0 Å². The highest BCUT2D eigenvalue weighted by atomic mass is 15.2. The molecule has 96 valence electrons. The lowest BCUT2D eigenvalue weighted by Crippen LogP contribution is -2.59. The van der Waals surface area contributed by atoms with Crippen molar-refractivity contribution in [1.29, 1.82) is 0 Å². The van der Waals surface area contributed by atoms with Crippen LogP contribution in [-0.2, 0) is 0 Å². The van der Waals surface area contributed by atoms with E-state index in [4.69, 9.17) is 0 Å². The molecule has 0 saturated carbocycles. The molecule has 2 heterocycles. The number of nitrogens with one attached hydrogen (secondary N) is 1. The third-order valence-corrected chi connectivity index (χ3v) is 4.03. The maximum Gasteiger partial charge on any atom is 0.0345 e. The van der Waals surface area contributed by atoms with Crippen LogP contribution in [0.15, 0.2) is 0 Å². The second-order valence-corrected chi connectivity index (χ2v) is 5.99. The van der Waals surface area contributed by atoms with Gasteiger partial charge in [-0.1, -0.05) is 34.6 Å². The van der Waals surface area contributed by atoms with Crippen molar-refractivity contribution in [2.45, 2.75) is 53.5 Å². The summed E-state index contributed by atoms with van der Waals surface area (Å²) in [5.41, 5.74) is 0.518. The zero-order chi connectivity index (χ0) is 12.2. The number of piperidine rings is 1. The van der Waals surface area contributed by atoms with Crippen molar-refractivity contribution in [2.75, 3.05) is 26.2 Å². The Morgan fingerprint density at radius 3 is 1.81 bits per heavy atom. The van der Waals surface area contributed by atoms with E-state index in [0.717, 1.165) is 12.0 Å². The van der Waals surface area contributed by atoms with Crippen LogP contribution in [0.5, 0.6) is 0 Å². The predicted octanol–water partition coefficient (Wildman–Crippen LogP) is 2.74. The van der Waals surface area contributed by atoms with Crippen LogP contribution in [0.1, 0.15) is 47.5 Å². The molecule has 0 atom stereocenters. The number of likely N-dealkylation sites (tertiary alicyclic amines) is 1. The van der Waals surface area contributed by atoms with Crippen molar-refractivity contribution >= 4 is 0 Å². The second kappa shape index (κ2) is 6.02. The van der Waals surface area contributed by atoms with Gasteiger partial charge < -0.3 is 5.32 Å². The van der Waals surface area contributed by atoms with Crippen LogP contribution in [0, 0.1) is 11.3 Å². The maximum atomic E-state index is 3.36. The fourth-order valence-electron chi connectivity index (χ4n) is 2.66. The summed E-state index contributed by atoms with van der Waals surface area (Å²) >= 11 is 0. The van der Waals surface area contributed by atoms with Crippen molar-refractivity contribution in [1.82, 2.24) is 10.2 Å². The number of hydrogen-bond donors (Lipinski definition) is 1. The summed E-state index contributed by atoms with van der Waals surface area (Å²) in [6.07, 6.45) is 2.81. The average Bonchev–Trinajstić information content (AvgIpc) is 2.18. The summed E-state index contributed by atoms with van der Waals surface area (Å²) < 4.78 is 0. The lowest BCUT2D eigenvalue weighted by Gasteiger charge is -2.45. The fraction of sp³-hybridized carbons (Fsp3) is 1.00. The summed E-state index contributed by atoms with van der Waals surface area (Å²) in [5.74, 6) is 0.937. The van der Waals surface area contributed by atoms with Gasteiger partial charge in [-0.05, 0) is 37.3 Å². The summed E-state index contributed by atoms with van der Waals surface area (Å²) in [6.45, 7) is 16.3. The van der Waals surface area contributed by atoms with Gasteiger partial charge in [-0.2, -0.15) is 0 Å². The zero-order valence-electron chi connectivity index (χ0n) is 11.8. The Balaban J connectivity index is 0.000000606. The number of hydrogen-bond acceptors (Lipinski definition) is 2. The van der Waals surface area contributed by atoms with E-state index >= 15 is 0 Å². The molecule has 0 amide bonds. The minimum atomic E-state index is 0.518. The van der Waals surface area contributed by atoms with Gasteiger partial charge in [0, 0.05) is 19.1 Å². The van der Waals surface area contributed by atoms with E-state index in [9.17, 15) is 0 Å². The van der Waals surface area contributed by atoms with E-state index in [1.807, 2.05) is 13.8 Å². The van der Waals surface area contributed by atoms with Gasteiger partial charge in [0.05, 0.1) is 0 Å². The highest BCUT2D eigenvalue weighted by Crippen LogP contribution is 2.34. The maximum absolute atomic E-state index is 3.36. The van der Waals surface area contributed by atoms with E-state index in [1.54, 1.807) is 0 Å². The standard InChI is InChI=1S/C12H24N2.C2H6/c1-12(2,3)10-4-6-14(7-5-10)11-8-13-9-11;1-2/h10-11,13H,4-9H2,1-3H3;1-2H3. The molecule has 2 saturated heterocycles. The van der Waals surface area contributed by atoms with Gasteiger partial charge in [0.25, 0.3) is 0 Å². The highest BCUT2D eigenvalue weighted by molar-refractivity contribution is 4.89. The summed E-state index contributed by atoms with van der Waals surface area (Å²) in [7, 11) is 0. The van der Waals surface area contributed by atoms with Crippen molar-refractivity contribution in [2.24, 2.45) is 11.3 Å². The van der Waals surface area contributed by atoms with Crippen molar-refractivity contribution in [3.05, 3.63) is 0 Å². The van der Waals surface area contributed by atoms with E-state index in [2.05, 4.69) is 31.0 Å². The van der Waals surface area contributed by atoms with Gasteiger partial charge in [-0.15, -0.1) is 0 Å². The molecule has 2 nitrogen and oxygen atoms in total. The Kier molecular flexibility index (Phi) is 5.26. The number of nitrogens with zero attached hydrogens (tertiary/aromatic N) is 1. The third-order valence-electron chi connectivity index (χ3n) is 4.03. The molecular weight excluding hydrogens is 196 g/mol. The zero-order valence-corrected chi connectivity index (χ0v) is 11.8. The molecule has 2 aliphatic heterocycles. The molecule has 0 aliphatic carbocycles. The molecule has 0 aromatic carbocycles. The second-order valence-electron chi connectivity index (χ2n) is 5.99. The van der Waals surface area contributed by atoms with Gasteiger partial charge in [0.1, 0.15) is 0 Å². The van der Waals surface area contributed by atoms with Crippen LogP contribution in [0.2, 0.25) is 0 Å². The molecule has 2 heteroatoms. The Bertz CT molecular complexity index is 183. The Labute approximate surface area is 102 Å². The van der Waals surface area contributed by atoms with E-state index < -0.39 is 0 Å². The molecule has 0 aromatic rings. The molecule has 2 rings (SSSR count). The Hall–Kier alpha value is -0.0800. The van der Waals surface area contributed by atoms with Gasteiger partial charge >= 0.3 is 0 Å². The van der Waals surface area contributed by atoms with E-state index in [0.29, 0.717) is 5.41 Å². The van der Waals surface area contributed by atoms with E-state index in [-0.39, 0.29) is 0 Å². The Morgan fingerprint density at radius 2 is 1.50 bits per heavy atom. The normalized spacial score (nSPS) is 24.6. The van der Waals surface area contributed by atoms with E-state index in [1.165, 1.54) is 39.0 Å². The molecule has 0 radical (unpaired) electrons. The largest absolute Gasteiger partial charge is 0.314 e. The first kappa shape index (κ1) is 14.0. The van der Waals surface area contributed by atoms with Crippen LogP contribution in [0.25, 0.3) is 0 Å². The predicted molar refractivity (Wildman–Crippen MR) is 71.8 cm³/mol. The molecule has 16 heavy (non-hydrogen) atoms. The highest BCUT2D eigenvalue weighted by Gasteiger charge is 2.32. The van der Waals surface area contributed by atoms with Crippen molar-refractivity contribution in [3.63, 3.8) is 0 Å². The minimum absolute atomic E-state index is 0.518. The summed E-state index contributed by atoms with van der Waals surface area (Å²) in [5, 5.41) is 3.36. The molecular formula is C14H30N2. The first-order chi connectivity index (χ1) is 7.57. The fourth-order valence-corrected chi connectivity index (χ4v) is 2.66. The smallest absolute Gasteiger partial charge is 0.0345 e. The lowest BCUT2D eigenvalue weighted by atomic mass is 9.75. The van der Waals surface area contributed by atoms with Crippen molar-refractivity contribution < 1.29 is 0 Å². The molecule has 0 aromatic heterocycles. The topological polar surface area (TPSA) is 15.3 Å². The number of rotatable bonds is 1. The van der Waals surface area contributed by atoms with Gasteiger partial charge in [-0.3, -0.25) is 4.90 Å². The minimum Gasteiger partial charge on any atom is -0.314 e. The molecule has 2 aliphatic rings. The molecule has 0 bridgehead atoms. The molecule has 0 spiro atoms. The first-order valence-electron chi connectivity index (χ1n) is 7.02. The quantitative estimate of drug-likeness (QED) is 0.739. The van der Waals surface area contributed by atoms with Crippen LogP contribution in [0.4, 0.5) is 0 Å². The first-order valence-corrected chi connectivity index (χ1v) is 7.02. The monoisotopic (exact) mass is 226 g/mol. The molecule has 2 fully saturated rings. The summed E-state index contributed by atoms with van der Waals surface area (Å²) in [6, 6.07) is 0.857.